The smallest absolute Gasteiger partial charge is 0.306 e. The van der Waals surface area contributed by atoms with Gasteiger partial charge >= 0.3 is 5.97 Å². The van der Waals surface area contributed by atoms with Gasteiger partial charge in [-0.1, -0.05) is 32.6 Å². The Hall–Kier alpha value is -0.570. The second-order valence-electron chi connectivity index (χ2n) is 5.80. The Kier molecular flexibility index (Phi) is 7.33. The fourth-order valence-corrected chi connectivity index (χ4v) is 2.87. The molecule has 1 rings (SSSR count). The van der Waals surface area contributed by atoms with Gasteiger partial charge < -0.3 is 10.4 Å². The molecule has 0 saturated heterocycles. The van der Waals surface area contributed by atoms with E-state index in [0.29, 0.717) is 12.1 Å². The van der Waals surface area contributed by atoms with Crippen molar-refractivity contribution >= 4 is 5.97 Å². The predicted molar refractivity (Wildman–Crippen MR) is 74.7 cm³/mol. The van der Waals surface area contributed by atoms with Crippen LogP contribution < -0.4 is 5.32 Å². The second-order valence-corrected chi connectivity index (χ2v) is 5.80. The van der Waals surface area contributed by atoms with E-state index in [2.05, 4.69) is 19.2 Å². The lowest BCUT2D eigenvalue weighted by atomic mass is 9.86. The summed E-state index contributed by atoms with van der Waals surface area (Å²) in [5.41, 5.74) is 0. The average Bonchev–Trinajstić information content (AvgIpc) is 2.35. The molecule has 106 valence electrons. The van der Waals surface area contributed by atoms with Crippen molar-refractivity contribution in [2.45, 2.75) is 83.7 Å². The maximum absolute atomic E-state index is 10.9. The van der Waals surface area contributed by atoms with Gasteiger partial charge in [-0.25, -0.2) is 0 Å². The maximum atomic E-state index is 10.9. The van der Waals surface area contributed by atoms with Crippen molar-refractivity contribution in [2.24, 2.45) is 5.92 Å². The third-order valence-electron chi connectivity index (χ3n) is 4.09. The lowest BCUT2D eigenvalue weighted by molar-refractivity contribution is -0.142. The van der Waals surface area contributed by atoms with E-state index in [-0.39, 0.29) is 5.92 Å². The largest absolute Gasteiger partial charge is 0.481 e. The number of carbonyl (C=O) groups is 1. The van der Waals surface area contributed by atoms with Gasteiger partial charge in [0, 0.05) is 12.1 Å². The highest BCUT2D eigenvalue weighted by Crippen LogP contribution is 2.25. The molecule has 0 bridgehead atoms. The highest BCUT2D eigenvalue weighted by atomic mass is 16.4. The Morgan fingerprint density at radius 3 is 2.44 bits per heavy atom. The van der Waals surface area contributed by atoms with Gasteiger partial charge in [0.05, 0.1) is 5.92 Å². The minimum atomic E-state index is -0.610. The third kappa shape index (κ3) is 5.85. The van der Waals surface area contributed by atoms with Crippen LogP contribution in [0.15, 0.2) is 0 Å². The summed E-state index contributed by atoms with van der Waals surface area (Å²) in [5.74, 6) is -0.705. The molecule has 18 heavy (non-hydrogen) atoms. The molecule has 1 saturated carbocycles. The van der Waals surface area contributed by atoms with Gasteiger partial charge in [0.1, 0.15) is 0 Å². The highest BCUT2D eigenvalue weighted by Gasteiger charge is 2.26. The standard InChI is InChI=1S/C15H29NO2/c1-3-4-5-6-7-12(2)16-14-10-8-13(9-11-14)15(17)18/h12-14,16H,3-11H2,1-2H3,(H,17,18). The zero-order chi connectivity index (χ0) is 13.4. The van der Waals surface area contributed by atoms with Crippen molar-refractivity contribution in [2.75, 3.05) is 0 Å². The van der Waals surface area contributed by atoms with E-state index in [1.165, 1.54) is 32.1 Å². The maximum Gasteiger partial charge on any atom is 0.306 e. The van der Waals surface area contributed by atoms with Crippen molar-refractivity contribution in [3.05, 3.63) is 0 Å². The molecule has 0 radical (unpaired) electrons. The minimum absolute atomic E-state index is 0.0945. The highest BCUT2D eigenvalue weighted by molar-refractivity contribution is 5.70. The molecule has 1 aliphatic carbocycles. The number of rotatable bonds is 8. The van der Waals surface area contributed by atoms with Crippen molar-refractivity contribution < 1.29 is 9.90 Å². The van der Waals surface area contributed by atoms with Crippen molar-refractivity contribution in [3.8, 4) is 0 Å². The van der Waals surface area contributed by atoms with Gasteiger partial charge in [0.15, 0.2) is 0 Å². The summed E-state index contributed by atoms with van der Waals surface area (Å²) >= 11 is 0. The first-order chi connectivity index (χ1) is 8.63. The van der Waals surface area contributed by atoms with E-state index < -0.39 is 5.97 Å². The van der Waals surface area contributed by atoms with Gasteiger partial charge in [-0.3, -0.25) is 4.79 Å². The predicted octanol–water partition coefficient (Wildman–Crippen LogP) is 3.58. The molecule has 3 nitrogen and oxygen atoms in total. The van der Waals surface area contributed by atoms with Gasteiger partial charge in [-0.2, -0.15) is 0 Å². The molecule has 0 aliphatic heterocycles. The molecular weight excluding hydrogens is 226 g/mol. The molecule has 1 fully saturated rings. The van der Waals surface area contributed by atoms with Gasteiger partial charge in [0.2, 0.25) is 0 Å². The zero-order valence-electron chi connectivity index (χ0n) is 12.0. The Morgan fingerprint density at radius 1 is 1.22 bits per heavy atom. The summed E-state index contributed by atoms with van der Waals surface area (Å²) in [5, 5.41) is 12.6. The summed E-state index contributed by atoms with van der Waals surface area (Å²) in [6, 6.07) is 1.12. The second kappa shape index (κ2) is 8.52. The summed E-state index contributed by atoms with van der Waals surface area (Å²) in [6.07, 6.45) is 10.3. The third-order valence-corrected chi connectivity index (χ3v) is 4.09. The first kappa shape index (κ1) is 15.5. The van der Waals surface area contributed by atoms with E-state index >= 15 is 0 Å². The molecule has 0 aromatic heterocycles. The summed E-state index contributed by atoms with van der Waals surface area (Å²) in [6.45, 7) is 4.50. The molecular formula is C15H29NO2. The molecule has 2 N–H and O–H groups in total. The van der Waals surface area contributed by atoms with E-state index in [1.807, 2.05) is 0 Å². The minimum Gasteiger partial charge on any atom is -0.481 e. The van der Waals surface area contributed by atoms with Crippen LogP contribution in [0.2, 0.25) is 0 Å². The first-order valence-electron chi connectivity index (χ1n) is 7.62. The molecule has 1 unspecified atom stereocenters. The molecule has 0 aromatic rings. The van der Waals surface area contributed by atoms with Crippen LogP contribution in [0.4, 0.5) is 0 Å². The van der Waals surface area contributed by atoms with Crippen molar-refractivity contribution in [3.63, 3.8) is 0 Å². The Balaban J connectivity index is 2.10. The van der Waals surface area contributed by atoms with E-state index in [4.69, 9.17) is 5.11 Å². The quantitative estimate of drug-likeness (QED) is 0.652. The lowest BCUT2D eigenvalue weighted by Crippen LogP contribution is -2.40. The van der Waals surface area contributed by atoms with Crippen LogP contribution in [0.5, 0.6) is 0 Å². The number of aliphatic carboxylic acids is 1. The number of nitrogens with one attached hydrogen (secondary N) is 1. The number of carboxylic acids is 1. The molecule has 3 heteroatoms. The monoisotopic (exact) mass is 255 g/mol. The molecule has 0 spiro atoms. The fourth-order valence-electron chi connectivity index (χ4n) is 2.87. The van der Waals surface area contributed by atoms with E-state index in [1.54, 1.807) is 0 Å². The van der Waals surface area contributed by atoms with Crippen LogP contribution in [-0.2, 0) is 4.79 Å². The van der Waals surface area contributed by atoms with Gasteiger partial charge in [-0.05, 0) is 39.0 Å². The Morgan fingerprint density at radius 2 is 1.89 bits per heavy atom. The normalized spacial score (nSPS) is 25.9. The summed E-state index contributed by atoms with van der Waals surface area (Å²) < 4.78 is 0. The Bertz CT molecular complexity index is 235. The number of carboxylic acid groups (broad SMARTS) is 1. The number of hydrogen-bond acceptors (Lipinski definition) is 2. The van der Waals surface area contributed by atoms with E-state index in [9.17, 15) is 4.79 Å². The summed E-state index contributed by atoms with van der Waals surface area (Å²) in [4.78, 5) is 10.9. The fraction of sp³-hybridized carbons (Fsp3) is 0.933. The van der Waals surface area contributed by atoms with Crippen molar-refractivity contribution in [1.29, 1.82) is 0 Å². The van der Waals surface area contributed by atoms with Crippen LogP contribution in [0.25, 0.3) is 0 Å². The van der Waals surface area contributed by atoms with Crippen LogP contribution in [-0.4, -0.2) is 23.2 Å². The first-order valence-corrected chi connectivity index (χ1v) is 7.62. The molecule has 1 aliphatic rings. The van der Waals surface area contributed by atoms with Gasteiger partial charge in [0.25, 0.3) is 0 Å². The van der Waals surface area contributed by atoms with Gasteiger partial charge in [-0.15, -0.1) is 0 Å². The van der Waals surface area contributed by atoms with Crippen molar-refractivity contribution in [1.82, 2.24) is 5.32 Å². The number of unbranched alkanes of at least 4 members (excludes halogenated alkanes) is 3. The SMILES string of the molecule is CCCCCCC(C)NC1CCC(C(=O)O)CC1. The average molecular weight is 255 g/mol. The summed E-state index contributed by atoms with van der Waals surface area (Å²) in [7, 11) is 0. The van der Waals surface area contributed by atoms with Crippen LogP contribution in [0.3, 0.4) is 0 Å². The molecule has 0 aromatic carbocycles. The zero-order valence-corrected chi connectivity index (χ0v) is 12.0. The molecule has 1 atom stereocenters. The van der Waals surface area contributed by atoms with Crippen LogP contribution in [0, 0.1) is 5.92 Å². The van der Waals surface area contributed by atoms with Crippen LogP contribution >= 0.6 is 0 Å². The lowest BCUT2D eigenvalue weighted by Gasteiger charge is -2.29. The molecule has 0 heterocycles. The van der Waals surface area contributed by atoms with Crippen LogP contribution in [0.1, 0.15) is 71.6 Å². The van der Waals surface area contributed by atoms with E-state index in [0.717, 1.165) is 25.7 Å². The Labute approximate surface area is 111 Å². The number of hydrogen-bond donors (Lipinski definition) is 2. The topological polar surface area (TPSA) is 49.3 Å². The molecule has 0 amide bonds.